The molecular formula is C12H16OS. The minimum Gasteiger partial charge on any atom is -0.497 e. The molecule has 1 unspecified atom stereocenters. The fourth-order valence-electron chi connectivity index (χ4n) is 1.44. The number of rotatable bonds is 3. The second-order valence-electron chi connectivity index (χ2n) is 4.47. The van der Waals surface area contributed by atoms with Gasteiger partial charge in [-0.3, -0.25) is 0 Å². The molecule has 76 valence electrons. The maximum Gasteiger partial charge on any atom is 0.118 e. The number of ether oxygens (including phenoxy) is 1. The zero-order valence-corrected chi connectivity index (χ0v) is 9.73. The molecule has 14 heavy (non-hydrogen) atoms. The lowest BCUT2D eigenvalue weighted by Gasteiger charge is -2.04. The van der Waals surface area contributed by atoms with Crippen molar-refractivity contribution >= 4 is 11.8 Å². The second kappa shape index (κ2) is 3.50. The molecule has 2 heteroatoms. The van der Waals surface area contributed by atoms with E-state index in [1.807, 2.05) is 23.9 Å². The predicted octanol–water partition coefficient (Wildman–Crippen LogP) is 3.59. The van der Waals surface area contributed by atoms with Gasteiger partial charge in [-0.25, -0.2) is 0 Å². The largest absolute Gasteiger partial charge is 0.497 e. The summed E-state index contributed by atoms with van der Waals surface area (Å²) in [5.41, 5.74) is 0.546. The van der Waals surface area contributed by atoms with Crippen LogP contribution in [-0.2, 0) is 0 Å². The third-order valence-corrected chi connectivity index (χ3v) is 4.39. The van der Waals surface area contributed by atoms with Crippen molar-refractivity contribution in [3.05, 3.63) is 24.3 Å². The molecule has 0 saturated heterocycles. The van der Waals surface area contributed by atoms with Crippen molar-refractivity contribution in [2.45, 2.75) is 30.4 Å². The van der Waals surface area contributed by atoms with Crippen LogP contribution in [0.25, 0.3) is 0 Å². The maximum atomic E-state index is 5.12. The number of thioether (sulfide) groups is 1. The van der Waals surface area contributed by atoms with E-state index in [4.69, 9.17) is 4.74 Å². The van der Waals surface area contributed by atoms with Crippen LogP contribution in [0.5, 0.6) is 5.75 Å². The standard InChI is InChI=1S/C12H16OS/c1-12(2)8-11(12)14-10-6-4-9(13-3)5-7-10/h4-7,11H,8H2,1-3H3. The lowest BCUT2D eigenvalue weighted by Crippen LogP contribution is -1.90. The Kier molecular flexibility index (Phi) is 2.48. The van der Waals surface area contributed by atoms with Crippen LogP contribution >= 0.6 is 11.8 Å². The molecule has 1 aliphatic carbocycles. The Labute approximate surface area is 89.9 Å². The minimum absolute atomic E-state index is 0.546. The van der Waals surface area contributed by atoms with Crippen molar-refractivity contribution < 1.29 is 4.74 Å². The quantitative estimate of drug-likeness (QED) is 0.750. The lowest BCUT2D eigenvalue weighted by molar-refractivity contribution is 0.414. The molecule has 0 spiro atoms. The summed E-state index contributed by atoms with van der Waals surface area (Å²) < 4.78 is 5.12. The van der Waals surface area contributed by atoms with Crippen molar-refractivity contribution in [1.29, 1.82) is 0 Å². The summed E-state index contributed by atoms with van der Waals surface area (Å²) in [5, 5.41) is 0.802. The van der Waals surface area contributed by atoms with Crippen molar-refractivity contribution in [2.75, 3.05) is 7.11 Å². The van der Waals surface area contributed by atoms with Gasteiger partial charge in [0.15, 0.2) is 0 Å². The normalized spacial score (nSPS) is 23.2. The van der Waals surface area contributed by atoms with Gasteiger partial charge in [-0.05, 0) is 36.1 Å². The molecule has 0 amide bonds. The first-order chi connectivity index (χ1) is 6.62. The van der Waals surface area contributed by atoms with Gasteiger partial charge in [0.2, 0.25) is 0 Å². The second-order valence-corrected chi connectivity index (χ2v) is 5.75. The van der Waals surface area contributed by atoms with Gasteiger partial charge in [-0.2, -0.15) is 0 Å². The number of methoxy groups -OCH3 is 1. The molecule has 0 aliphatic heterocycles. The zero-order valence-electron chi connectivity index (χ0n) is 8.91. The summed E-state index contributed by atoms with van der Waals surface area (Å²) >= 11 is 1.98. The van der Waals surface area contributed by atoms with E-state index in [0.717, 1.165) is 11.0 Å². The molecule has 0 heterocycles. The van der Waals surface area contributed by atoms with Crippen LogP contribution in [0.3, 0.4) is 0 Å². The summed E-state index contributed by atoms with van der Waals surface area (Å²) in [5.74, 6) is 0.935. The van der Waals surface area contributed by atoms with Gasteiger partial charge in [-0.1, -0.05) is 13.8 Å². The van der Waals surface area contributed by atoms with Crippen LogP contribution in [-0.4, -0.2) is 12.4 Å². The molecule has 2 rings (SSSR count). The molecule has 1 atom stereocenters. The zero-order chi connectivity index (χ0) is 10.2. The summed E-state index contributed by atoms with van der Waals surface area (Å²) in [4.78, 5) is 1.35. The van der Waals surface area contributed by atoms with Gasteiger partial charge in [0.05, 0.1) is 7.11 Å². The van der Waals surface area contributed by atoms with Gasteiger partial charge >= 0.3 is 0 Å². The Balaban J connectivity index is 1.98. The monoisotopic (exact) mass is 208 g/mol. The third kappa shape index (κ3) is 2.06. The molecule has 1 saturated carbocycles. The third-order valence-electron chi connectivity index (χ3n) is 2.76. The Morgan fingerprint density at radius 1 is 1.29 bits per heavy atom. The molecule has 0 radical (unpaired) electrons. The van der Waals surface area contributed by atoms with E-state index in [1.54, 1.807) is 7.11 Å². The van der Waals surface area contributed by atoms with Crippen LogP contribution in [0.15, 0.2) is 29.2 Å². The number of hydrogen-bond donors (Lipinski definition) is 0. The van der Waals surface area contributed by atoms with Crippen molar-refractivity contribution in [1.82, 2.24) is 0 Å². The van der Waals surface area contributed by atoms with Crippen LogP contribution in [0.2, 0.25) is 0 Å². The summed E-state index contributed by atoms with van der Waals surface area (Å²) in [6, 6.07) is 8.32. The fraction of sp³-hybridized carbons (Fsp3) is 0.500. The van der Waals surface area contributed by atoms with Gasteiger partial charge < -0.3 is 4.74 Å². The molecular weight excluding hydrogens is 192 g/mol. The van der Waals surface area contributed by atoms with Crippen LogP contribution in [0, 0.1) is 5.41 Å². The first-order valence-corrected chi connectivity index (χ1v) is 5.80. The highest BCUT2D eigenvalue weighted by Crippen LogP contribution is 2.55. The van der Waals surface area contributed by atoms with Gasteiger partial charge in [0.1, 0.15) is 5.75 Å². The topological polar surface area (TPSA) is 9.23 Å². The summed E-state index contributed by atoms with van der Waals surface area (Å²) in [7, 11) is 1.70. The first-order valence-electron chi connectivity index (χ1n) is 4.92. The molecule has 1 nitrogen and oxygen atoms in total. The van der Waals surface area contributed by atoms with E-state index in [1.165, 1.54) is 11.3 Å². The van der Waals surface area contributed by atoms with Crippen molar-refractivity contribution in [3.8, 4) is 5.75 Å². The van der Waals surface area contributed by atoms with Gasteiger partial charge in [0, 0.05) is 10.1 Å². The molecule has 1 aromatic carbocycles. The average Bonchev–Trinajstić information content (AvgIpc) is 2.75. The maximum absolute atomic E-state index is 5.12. The molecule has 1 aliphatic rings. The van der Waals surface area contributed by atoms with E-state index in [0.29, 0.717) is 5.41 Å². The molecule has 1 fully saturated rings. The number of benzene rings is 1. The Morgan fingerprint density at radius 2 is 1.86 bits per heavy atom. The Bertz CT molecular complexity index is 316. The van der Waals surface area contributed by atoms with E-state index in [-0.39, 0.29) is 0 Å². The summed E-state index contributed by atoms with van der Waals surface area (Å²) in [6.45, 7) is 4.66. The Morgan fingerprint density at radius 3 is 2.29 bits per heavy atom. The van der Waals surface area contributed by atoms with Crippen LogP contribution in [0.1, 0.15) is 20.3 Å². The van der Waals surface area contributed by atoms with Crippen molar-refractivity contribution in [3.63, 3.8) is 0 Å². The summed E-state index contributed by atoms with van der Waals surface area (Å²) in [6.07, 6.45) is 1.34. The molecule has 0 bridgehead atoms. The van der Waals surface area contributed by atoms with E-state index in [2.05, 4.69) is 26.0 Å². The Hall–Kier alpha value is -0.630. The van der Waals surface area contributed by atoms with Gasteiger partial charge in [0.25, 0.3) is 0 Å². The smallest absolute Gasteiger partial charge is 0.118 e. The minimum atomic E-state index is 0.546. The average molecular weight is 208 g/mol. The lowest BCUT2D eigenvalue weighted by atomic mass is 10.2. The molecule has 0 N–H and O–H groups in total. The first kappa shape index (κ1) is 9.91. The highest BCUT2D eigenvalue weighted by atomic mass is 32.2. The van der Waals surface area contributed by atoms with Crippen LogP contribution < -0.4 is 4.74 Å². The van der Waals surface area contributed by atoms with E-state index >= 15 is 0 Å². The number of hydrogen-bond acceptors (Lipinski definition) is 2. The van der Waals surface area contributed by atoms with Crippen molar-refractivity contribution in [2.24, 2.45) is 5.41 Å². The van der Waals surface area contributed by atoms with Gasteiger partial charge in [-0.15, -0.1) is 11.8 Å². The predicted molar refractivity (Wildman–Crippen MR) is 61.0 cm³/mol. The van der Waals surface area contributed by atoms with E-state index < -0.39 is 0 Å². The fourth-order valence-corrected chi connectivity index (χ4v) is 2.89. The van der Waals surface area contributed by atoms with E-state index in [9.17, 15) is 0 Å². The SMILES string of the molecule is COc1ccc(SC2CC2(C)C)cc1. The molecule has 1 aromatic rings. The van der Waals surface area contributed by atoms with Crippen LogP contribution in [0.4, 0.5) is 0 Å². The highest BCUT2D eigenvalue weighted by molar-refractivity contribution is 8.00. The highest BCUT2D eigenvalue weighted by Gasteiger charge is 2.46. The molecule has 0 aromatic heterocycles.